The van der Waals surface area contributed by atoms with Crippen LogP contribution < -0.4 is 5.32 Å². The van der Waals surface area contributed by atoms with E-state index in [4.69, 9.17) is 4.74 Å². The van der Waals surface area contributed by atoms with Gasteiger partial charge in [0.2, 0.25) is 5.91 Å². The third-order valence-corrected chi connectivity index (χ3v) is 3.92. The van der Waals surface area contributed by atoms with Crippen molar-refractivity contribution in [3.63, 3.8) is 0 Å². The van der Waals surface area contributed by atoms with Gasteiger partial charge in [0.05, 0.1) is 12.1 Å². The van der Waals surface area contributed by atoms with E-state index in [1.807, 2.05) is 38.1 Å². The van der Waals surface area contributed by atoms with Gasteiger partial charge >= 0.3 is 0 Å². The van der Waals surface area contributed by atoms with Gasteiger partial charge in [-0.2, -0.15) is 5.26 Å². The van der Waals surface area contributed by atoms with E-state index in [1.165, 1.54) is 5.56 Å². The summed E-state index contributed by atoms with van der Waals surface area (Å²) >= 11 is 0. The zero-order valence-corrected chi connectivity index (χ0v) is 12.0. The van der Waals surface area contributed by atoms with Crippen LogP contribution in [0.4, 0.5) is 0 Å². The van der Waals surface area contributed by atoms with Gasteiger partial charge in [0, 0.05) is 13.2 Å². The molecule has 1 saturated heterocycles. The number of aryl methyl sites for hydroxylation is 1. The van der Waals surface area contributed by atoms with E-state index in [9.17, 15) is 10.1 Å². The molecule has 20 heavy (non-hydrogen) atoms. The van der Waals surface area contributed by atoms with E-state index < -0.39 is 5.41 Å². The first-order valence-corrected chi connectivity index (χ1v) is 6.94. The summed E-state index contributed by atoms with van der Waals surface area (Å²) in [6.45, 7) is 4.91. The minimum atomic E-state index is -0.933. The lowest BCUT2D eigenvalue weighted by Crippen LogP contribution is -2.44. The number of rotatable bonds is 3. The fourth-order valence-electron chi connectivity index (χ4n) is 2.38. The normalized spacial score (nSPS) is 18.9. The summed E-state index contributed by atoms with van der Waals surface area (Å²) in [5, 5.41) is 12.3. The quantitative estimate of drug-likeness (QED) is 0.919. The number of ether oxygens (including phenoxy) is 1. The van der Waals surface area contributed by atoms with Crippen LogP contribution in [0.3, 0.4) is 0 Å². The Hall–Kier alpha value is -1.86. The van der Waals surface area contributed by atoms with Crippen molar-refractivity contribution in [2.24, 2.45) is 5.41 Å². The highest BCUT2D eigenvalue weighted by molar-refractivity contribution is 5.85. The zero-order chi connectivity index (χ0) is 14.6. The largest absolute Gasteiger partial charge is 0.381 e. The van der Waals surface area contributed by atoms with Crippen molar-refractivity contribution in [3.8, 4) is 6.07 Å². The second-order valence-corrected chi connectivity index (χ2v) is 5.41. The molecule has 1 aliphatic rings. The van der Waals surface area contributed by atoms with E-state index in [-0.39, 0.29) is 11.9 Å². The summed E-state index contributed by atoms with van der Waals surface area (Å²) in [7, 11) is 0. The molecule has 1 fully saturated rings. The Morgan fingerprint density at radius 2 is 1.95 bits per heavy atom. The highest BCUT2D eigenvalue weighted by Gasteiger charge is 2.40. The number of nitrogens with zero attached hydrogens (tertiary/aromatic N) is 1. The van der Waals surface area contributed by atoms with Gasteiger partial charge < -0.3 is 10.1 Å². The van der Waals surface area contributed by atoms with Gasteiger partial charge in [-0.1, -0.05) is 29.8 Å². The van der Waals surface area contributed by atoms with Gasteiger partial charge in [0.25, 0.3) is 0 Å². The molecule has 0 aliphatic carbocycles. The standard InChI is InChI=1S/C16H20N2O2/c1-12-3-5-14(6-4-12)13(2)18-15(19)16(11-17)7-9-20-10-8-16/h3-6,13H,7-10H2,1-2H3,(H,18,19). The van der Waals surface area contributed by atoms with Crippen molar-refractivity contribution in [3.05, 3.63) is 35.4 Å². The SMILES string of the molecule is Cc1ccc(C(C)NC(=O)C2(C#N)CCOCC2)cc1. The first-order valence-electron chi connectivity index (χ1n) is 6.94. The Morgan fingerprint density at radius 3 is 2.50 bits per heavy atom. The Labute approximate surface area is 119 Å². The summed E-state index contributed by atoms with van der Waals surface area (Å²) in [6, 6.07) is 10.1. The molecule has 1 unspecified atom stereocenters. The van der Waals surface area contributed by atoms with Crippen LogP contribution in [-0.4, -0.2) is 19.1 Å². The number of hydrogen-bond acceptors (Lipinski definition) is 3. The molecule has 0 bridgehead atoms. The molecule has 1 aliphatic heterocycles. The van der Waals surface area contributed by atoms with Gasteiger partial charge in [0.15, 0.2) is 0 Å². The van der Waals surface area contributed by atoms with Crippen LogP contribution in [0.25, 0.3) is 0 Å². The second-order valence-electron chi connectivity index (χ2n) is 5.41. The lowest BCUT2D eigenvalue weighted by atomic mass is 9.80. The van der Waals surface area contributed by atoms with Crippen LogP contribution in [0.1, 0.15) is 36.9 Å². The molecule has 1 N–H and O–H groups in total. The van der Waals surface area contributed by atoms with Crippen molar-refractivity contribution < 1.29 is 9.53 Å². The van der Waals surface area contributed by atoms with Crippen LogP contribution in [-0.2, 0) is 9.53 Å². The molecular formula is C16H20N2O2. The number of carbonyl (C=O) groups excluding carboxylic acids is 1. The lowest BCUT2D eigenvalue weighted by molar-refractivity contribution is -0.133. The first-order chi connectivity index (χ1) is 9.57. The molecule has 2 rings (SSSR count). The summed E-state index contributed by atoms with van der Waals surface area (Å²) in [6.07, 6.45) is 0.936. The van der Waals surface area contributed by atoms with Crippen molar-refractivity contribution in [2.45, 2.75) is 32.7 Å². The highest BCUT2D eigenvalue weighted by atomic mass is 16.5. The maximum atomic E-state index is 12.4. The fourth-order valence-corrected chi connectivity index (χ4v) is 2.38. The molecule has 0 saturated carbocycles. The summed E-state index contributed by atoms with van der Waals surface area (Å²) in [5.41, 5.74) is 1.30. The van der Waals surface area contributed by atoms with Gasteiger partial charge in [-0.05, 0) is 32.3 Å². The first kappa shape index (κ1) is 14.5. The van der Waals surface area contributed by atoms with Crippen LogP contribution >= 0.6 is 0 Å². The van der Waals surface area contributed by atoms with E-state index >= 15 is 0 Å². The van der Waals surface area contributed by atoms with E-state index in [0.717, 1.165) is 5.56 Å². The van der Waals surface area contributed by atoms with Crippen molar-refractivity contribution in [1.82, 2.24) is 5.32 Å². The van der Waals surface area contributed by atoms with Crippen molar-refractivity contribution in [2.75, 3.05) is 13.2 Å². The smallest absolute Gasteiger partial charge is 0.241 e. The predicted octanol–water partition coefficient (Wildman–Crippen LogP) is 2.49. The van der Waals surface area contributed by atoms with Crippen molar-refractivity contribution in [1.29, 1.82) is 5.26 Å². The summed E-state index contributed by atoms with van der Waals surface area (Å²) in [5.74, 6) is -0.184. The zero-order valence-electron chi connectivity index (χ0n) is 12.0. The van der Waals surface area contributed by atoms with E-state index in [0.29, 0.717) is 26.1 Å². The highest BCUT2D eigenvalue weighted by Crippen LogP contribution is 2.30. The van der Waals surface area contributed by atoms with Crippen LogP contribution in [0.2, 0.25) is 0 Å². The van der Waals surface area contributed by atoms with Crippen molar-refractivity contribution >= 4 is 5.91 Å². The molecule has 1 amide bonds. The molecule has 1 atom stereocenters. The molecule has 0 aromatic heterocycles. The lowest BCUT2D eigenvalue weighted by Gasteiger charge is -2.30. The number of benzene rings is 1. The number of nitriles is 1. The third-order valence-electron chi connectivity index (χ3n) is 3.92. The molecule has 1 heterocycles. The predicted molar refractivity (Wildman–Crippen MR) is 75.8 cm³/mol. The summed E-state index contributed by atoms with van der Waals surface area (Å²) < 4.78 is 5.25. The molecule has 4 nitrogen and oxygen atoms in total. The Balaban J connectivity index is 2.06. The van der Waals surface area contributed by atoms with E-state index in [1.54, 1.807) is 0 Å². The third kappa shape index (κ3) is 3.00. The minimum Gasteiger partial charge on any atom is -0.381 e. The average Bonchev–Trinajstić information content (AvgIpc) is 2.48. The molecule has 0 radical (unpaired) electrons. The van der Waals surface area contributed by atoms with Crippen LogP contribution in [0, 0.1) is 23.7 Å². The van der Waals surface area contributed by atoms with E-state index in [2.05, 4.69) is 11.4 Å². The molecule has 1 aromatic carbocycles. The Bertz CT molecular complexity index is 510. The fraction of sp³-hybridized carbons (Fsp3) is 0.500. The topological polar surface area (TPSA) is 62.1 Å². The Kier molecular flexibility index (Phi) is 4.41. The van der Waals surface area contributed by atoms with Gasteiger partial charge in [-0.3, -0.25) is 4.79 Å². The molecule has 1 aromatic rings. The maximum absolute atomic E-state index is 12.4. The molecule has 4 heteroatoms. The number of hydrogen-bond donors (Lipinski definition) is 1. The minimum absolute atomic E-state index is 0.101. The van der Waals surface area contributed by atoms with Crippen LogP contribution in [0.5, 0.6) is 0 Å². The number of amides is 1. The monoisotopic (exact) mass is 272 g/mol. The van der Waals surface area contributed by atoms with Gasteiger partial charge in [-0.25, -0.2) is 0 Å². The molecular weight excluding hydrogens is 252 g/mol. The number of carbonyl (C=O) groups is 1. The van der Waals surface area contributed by atoms with Gasteiger partial charge in [-0.15, -0.1) is 0 Å². The molecule has 106 valence electrons. The Morgan fingerprint density at radius 1 is 1.35 bits per heavy atom. The maximum Gasteiger partial charge on any atom is 0.241 e. The summed E-state index contributed by atoms with van der Waals surface area (Å²) in [4.78, 5) is 12.4. The average molecular weight is 272 g/mol. The molecule has 0 spiro atoms. The second kappa shape index (κ2) is 6.06. The number of nitrogens with one attached hydrogen (secondary N) is 1. The van der Waals surface area contributed by atoms with Gasteiger partial charge in [0.1, 0.15) is 5.41 Å². The van der Waals surface area contributed by atoms with Crippen LogP contribution in [0.15, 0.2) is 24.3 Å².